The molecule has 0 aliphatic carbocycles. The van der Waals surface area contributed by atoms with Crippen LogP contribution in [0.1, 0.15) is 30.9 Å². The summed E-state index contributed by atoms with van der Waals surface area (Å²) < 4.78 is 0. The van der Waals surface area contributed by atoms with Crippen molar-refractivity contribution in [2.45, 2.75) is 32.9 Å². The van der Waals surface area contributed by atoms with Crippen LogP contribution in [0.15, 0.2) is 47.6 Å². The van der Waals surface area contributed by atoms with E-state index in [-0.39, 0.29) is 29.9 Å². The van der Waals surface area contributed by atoms with Crippen molar-refractivity contribution in [3.63, 3.8) is 0 Å². The number of aromatic nitrogens is 1. The molecule has 0 radical (unpaired) electrons. The van der Waals surface area contributed by atoms with E-state index in [4.69, 9.17) is 0 Å². The molecule has 3 rings (SSSR count). The zero-order valence-corrected chi connectivity index (χ0v) is 20.2. The van der Waals surface area contributed by atoms with Crippen molar-refractivity contribution in [3.8, 4) is 0 Å². The normalized spacial score (nSPS) is 13.8. The van der Waals surface area contributed by atoms with Crippen molar-refractivity contribution >= 4 is 47.3 Å². The summed E-state index contributed by atoms with van der Waals surface area (Å²) in [5, 5.41) is 6.66. The molecule has 2 heterocycles. The molecule has 1 amide bonds. The Kier molecular flexibility index (Phi) is 9.35. The van der Waals surface area contributed by atoms with Crippen LogP contribution in [0.25, 0.3) is 0 Å². The van der Waals surface area contributed by atoms with Crippen molar-refractivity contribution in [1.82, 2.24) is 15.6 Å². The average molecular weight is 522 g/mol. The van der Waals surface area contributed by atoms with Crippen LogP contribution in [-0.2, 0) is 17.9 Å². The molecule has 1 aliphatic rings. The molecule has 1 aliphatic heterocycles. The zero-order valence-electron chi connectivity index (χ0n) is 17.9. The number of guanidine groups is 1. The van der Waals surface area contributed by atoms with Gasteiger partial charge in [0.25, 0.3) is 0 Å². The van der Waals surface area contributed by atoms with Gasteiger partial charge in [-0.25, -0.2) is 9.98 Å². The second kappa shape index (κ2) is 11.7. The lowest BCUT2D eigenvalue weighted by molar-refractivity contribution is -0.117. The van der Waals surface area contributed by atoms with Crippen LogP contribution in [0, 0.1) is 0 Å². The topological polar surface area (TPSA) is 72.9 Å². The number of hydrogen-bond donors (Lipinski definition) is 2. The van der Waals surface area contributed by atoms with E-state index in [1.165, 1.54) is 0 Å². The summed E-state index contributed by atoms with van der Waals surface area (Å²) in [4.78, 5) is 24.7. The second-order valence-corrected chi connectivity index (χ2v) is 7.28. The Balaban J connectivity index is 0.00000320. The monoisotopic (exact) mass is 522 g/mol. The molecule has 7 nitrogen and oxygen atoms in total. The molecule has 8 heteroatoms. The highest BCUT2D eigenvalue weighted by molar-refractivity contribution is 14.0. The molecule has 0 bridgehead atoms. The lowest BCUT2D eigenvalue weighted by Crippen LogP contribution is -2.36. The van der Waals surface area contributed by atoms with Crippen LogP contribution in [0.4, 0.5) is 11.5 Å². The Morgan fingerprint density at radius 2 is 1.93 bits per heavy atom. The van der Waals surface area contributed by atoms with Gasteiger partial charge in [0.1, 0.15) is 5.82 Å². The van der Waals surface area contributed by atoms with Gasteiger partial charge in [-0.1, -0.05) is 12.1 Å². The van der Waals surface area contributed by atoms with E-state index < -0.39 is 0 Å². The van der Waals surface area contributed by atoms with Gasteiger partial charge < -0.3 is 20.4 Å². The average Bonchev–Trinajstić information content (AvgIpc) is 3.16. The van der Waals surface area contributed by atoms with Crippen LogP contribution in [0.3, 0.4) is 0 Å². The molecule has 0 spiro atoms. The molecule has 162 valence electrons. The summed E-state index contributed by atoms with van der Waals surface area (Å²) >= 11 is 0. The van der Waals surface area contributed by atoms with Gasteiger partial charge in [-0.15, -0.1) is 24.0 Å². The third kappa shape index (κ3) is 6.58. The summed E-state index contributed by atoms with van der Waals surface area (Å²) in [5.74, 6) is 1.91. The summed E-state index contributed by atoms with van der Waals surface area (Å²) in [6.45, 7) is 4.91. The van der Waals surface area contributed by atoms with Gasteiger partial charge in [0, 0.05) is 52.0 Å². The van der Waals surface area contributed by atoms with E-state index in [1.807, 2.05) is 54.4 Å². The lowest BCUT2D eigenvalue weighted by Gasteiger charge is -2.16. The van der Waals surface area contributed by atoms with Crippen molar-refractivity contribution in [2.75, 3.05) is 37.0 Å². The molecule has 1 aromatic carbocycles. The van der Waals surface area contributed by atoms with Crippen LogP contribution >= 0.6 is 24.0 Å². The Labute approximate surface area is 196 Å². The number of hydrogen-bond acceptors (Lipinski definition) is 4. The third-order valence-electron chi connectivity index (χ3n) is 4.81. The SMILES string of the molecule is CCNC(=NCc1ccnc(N(C)C)c1)NCc1ccc(N2CCCC2=O)cc1.I. The first kappa shape index (κ1) is 23.9. The van der Waals surface area contributed by atoms with Gasteiger partial charge in [0.15, 0.2) is 5.96 Å². The van der Waals surface area contributed by atoms with Crippen molar-refractivity contribution < 1.29 is 4.79 Å². The molecule has 2 N–H and O–H groups in total. The molecule has 0 unspecified atom stereocenters. The first-order valence-corrected chi connectivity index (χ1v) is 10.1. The number of carbonyl (C=O) groups excluding carboxylic acids is 1. The lowest BCUT2D eigenvalue weighted by atomic mass is 10.2. The number of aliphatic imine (C=N–C) groups is 1. The first-order chi connectivity index (χ1) is 14.1. The highest BCUT2D eigenvalue weighted by atomic mass is 127. The summed E-state index contributed by atoms with van der Waals surface area (Å²) in [6.07, 6.45) is 3.41. The molecule has 0 atom stereocenters. The number of pyridine rings is 1. The van der Waals surface area contributed by atoms with Gasteiger partial charge in [-0.2, -0.15) is 0 Å². The number of nitrogens with one attached hydrogen (secondary N) is 2. The van der Waals surface area contributed by atoms with E-state index in [2.05, 4.69) is 39.7 Å². The standard InChI is InChI=1S/C22H30N6O.HI/c1-4-23-22(26-16-18-11-12-24-20(14-18)27(2)3)25-15-17-7-9-19(10-8-17)28-13-5-6-21(28)29;/h7-12,14H,4-6,13,15-16H2,1-3H3,(H2,23,25,26);1H. The van der Waals surface area contributed by atoms with Crippen LogP contribution in [0.2, 0.25) is 0 Å². The Morgan fingerprint density at radius 1 is 1.17 bits per heavy atom. The molecule has 1 fully saturated rings. The Morgan fingerprint density at radius 3 is 2.57 bits per heavy atom. The second-order valence-electron chi connectivity index (χ2n) is 7.28. The van der Waals surface area contributed by atoms with Crippen LogP contribution < -0.4 is 20.4 Å². The van der Waals surface area contributed by atoms with E-state index in [9.17, 15) is 4.79 Å². The van der Waals surface area contributed by atoms with Gasteiger partial charge in [0.05, 0.1) is 6.54 Å². The molecule has 2 aromatic rings. The van der Waals surface area contributed by atoms with Crippen molar-refractivity contribution in [1.29, 1.82) is 0 Å². The van der Waals surface area contributed by atoms with Crippen LogP contribution in [0.5, 0.6) is 0 Å². The largest absolute Gasteiger partial charge is 0.363 e. The van der Waals surface area contributed by atoms with Gasteiger partial charge in [0.2, 0.25) is 5.91 Å². The molecule has 1 aromatic heterocycles. The highest BCUT2D eigenvalue weighted by Gasteiger charge is 2.21. The van der Waals surface area contributed by atoms with E-state index >= 15 is 0 Å². The summed E-state index contributed by atoms with van der Waals surface area (Å²) in [5.41, 5.74) is 3.23. The first-order valence-electron chi connectivity index (χ1n) is 10.1. The fraction of sp³-hybridized carbons (Fsp3) is 0.409. The number of rotatable bonds is 7. The van der Waals surface area contributed by atoms with E-state index in [0.717, 1.165) is 48.1 Å². The molecule has 1 saturated heterocycles. The number of anilines is 2. The van der Waals surface area contributed by atoms with Gasteiger partial charge in [-0.3, -0.25) is 4.79 Å². The fourth-order valence-corrected chi connectivity index (χ4v) is 3.22. The number of carbonyl (C=O) groups is 1. The summed E-state index contributed by atoms with van der Waals surface area (Å²) in [7, 11) is 3.96. The quantitative estimate of drug-likeness (QED) is 0.332. The van der Waals surface area contributed by atoms with Crippen molar-refractivity contribution in [2.24, 2.45) is 4.99 Å². The maximum absolute atomic E-state index is 11.9. The Hall–Kier alpha value is -2.36. The van der Waals surface area contributed by atoms with Crippen LogP contribution in [-0.4, -0.2) is 44.0 Å². The summed E-state index contributed by atoms with van der Waals surface area (Å²) in [6, 6.07) is 12.2. The van der Waals surface area contributed by atoms with E-state index in [0.29, 0.717) is 19.5 Å². The van der Waals surface area contributed by atoms with E-state index in [1.54, 1.807) is 0 Å². The third-order valence-corrected chi connectivity index (χ3v) is 4.81. The zero-order chi connectivity index (χ0) is 20.6. The smallest absolute Gasteiger partial charge is 0.227 e. The number of nitrogens with zero attached hydrogens (tertiary/aromatic N) is 4. The molecule has 0 saturated carbocycles. The molecule has 30 heavy (non-hydrogen) atoms. The maximum Gasteiger partial charge on any atom is 0.227 e. The predicted octanol–water partition coefficient (Wildman–Crippen LogP) is 3.15. The molecular weight excluding hydrogens is 491 g/mol. The highest BCUT2D eigenvalue weighted by Crippen LogP contribution is 2.21. The fourth-order valence-electron chi connectivity index (χ4n) is 3.22. The number of amides is 1. The minimum Gasteiger partial charge on any atom is -0.363 e. The number of benzene rings is 1. The number of halogens is 1. The van der Waals surface area contributed by atoms with Crippen molar-refractivity contribution in [3.05, 3.63) is 53.7 Å². The minimum absolute atomic E-state index is 0. The predicted molar refractivity (Wildman–Crippen MR) is 134 cm³/mol. The Bertz CT molecular complexity index is 853. The van der Waals surface area contributed by atoms with Gasteiger partial charge in [-0.05, 0) is 48.7 Å². The minimum atomic E-state index is 0. The maximum atomic E-state index is 11.9. The van der Waals surface area contributed by atoms with Gasteiger partial charge >= 0.3 is 0 Å². The molecular formula is C22H31IN6O.